The van der Waals surface area contributed by atoms with Gasteiger partial charge in [0.2, 0.25) is 0 Å². The molecule has 0 amide bonds. The minimum Gasteiger partial charge on any atom is -0.310 e. The average Bonchev–Trinajstić information content (AvgIpc) is 3.54. The maximum absolute atomic E-state index is 2.39. The first-order chi connectivity index (χ1) is 23.8. The summed E-state index contributed by atoms with van der Waals surface area (Å²) in [5.74, 6) is 0. The molecule has 0 N–H and O–H groups in total. The SMILES string of the molecule is c1ccc(N(c2ccc(-c3cc4c5ccccc5ccc4c4ccccc34)cc2)c2ccc3c(ccc4c5ccccc5sc34)c2)cc1. The van der Waals surface area contributed by atoms with E-state index in [1.165, 1.54) is 74.4 Å². The monoisotopic (exact) mass is 627 g/mol. The fraction of sp³-hybridized carbons (Fsp3) is 0. The summed E-state index contributed by atoms with van der Waals surface area (Å²) in [6.07, 6.45) is 0. The smallest absolute Gasteiger partial charge is 0.0468 e. The van der Waals surface area contributed by atoms with Gasteiger partial charge in [-0.1, -0.05) is 127 Å². The summed E-state index contributed by atoms with van der Waals surface area (Å²) in [7, 11) is 0. The van der Waals surface area contributed by atoms with E-state index in [-0.39, 0.29) is 0 Å². The summed E-state index contributed by atoms with van der Waals surface area (Å²) in [5.41, 5.74) is 5.87. The Morgan fingerprint density at radius 1 is 0.333 bits per heavy atom. The molecule has 9 aromatic carbocycles. The molecule has 1 nitrogen and oxygen atoms in total. The van der Waals surface area contributed by atoms with Gasteiger partial charge < -0.3 is 4.90 Å². The van der Waals surface area contributed by atoms with Crippen LogP contribution in [0.2, 0.25) is 0 Å². The Balaban J connectivity index is 1.12. The molecule has 0 saturated heterocycles. The number of anilines is 3. The van der Waals surface area contributed by atoms with E-state index in [1.807, 2.05) is 11.3 Å². The van der Waals surface area contributed by atoms with E-state index in [4.69, 9.17) is 0 Å². The normalized spacial score (nSPS) is 11.8. The van der Waals surface area contributed by atoms with Crippen LogP contribution < -0.4 is 4.90 Å². The summed E-state index contributed by atoms with van der Waals surface area (Å²) >= 11 is 1.89. The van der Waals surface area contributed by atoms with E-state index in [2.05, 4.69) is 181 Å². The molecule has 0 spiro atoms. The molecule has 10 aromatic rings. The predicted octanol–water partition coefficient (Wildman–Crippen LogP) is 13.8. The molecule has 10 rings (SSSR count). The van der Waals surface area contributed by atoms with Crippen LogP contribution in [0.3, 0.4) is 0 Å². The fourth-order valence-electron chi connectivity index (χ4n) is 7.55. The zero-order chi connectivity index (χ0) is 31.6. The van der Waals surface area contributed by atoms with Gasteiger partial charge in [-0.15, -0.1) is 11.3 Å². The minimum absolute atomic E-state index is 1.13. The van der Waals surface area contributed by atoms with Crippen molar-refractivity contribution in [1.29, 1.82) is 0 Å². The van der Waals surface area contributed by atoms with E-state index in [0.717, 1.165) is 17.1 Å². The molecule has 0 unspecified atom stereocenters. The first kappa shape index (κ1) is 27.2. The second-order valence-electron chi connectivity index (χ2n) is 12.5. The summed E-state index contributed by atoms with van der Waals surface area (Å²) in [6, 6.07) is 64.4. The number of para-hydroxylation sites is 1. The lowest BCUT2D eigenvalue weighted by atomic mass is 9.91. The molecule has 224 valence electrons. The standard InChI is InChI=1S/C46H29NS/c1-2-11-33(12-3-1)47(35-24-27-37-32(28-35)21-26-42-41-16-8-9-17-45(41)48-46(37)42)34-22-18-31(19-23-34)43-29-44-36-13-5-4-10-30(36)20-25-40(44)38-14-6-7-15-39(38)43/h1-29H. The van der Waals surface area contributed by atoms with Crippen molar-refractivity contribution in [1.82, 2.24) is 0 Å². The molecular formula is C46H29NS. The number of thiophene rings is 1. The fourth-order valence-corrected chi connectivity index (χ4v) is 8.79. The van der Waals surface area contributed by atoms with Gasteiger partial charge in [-0.3, -0.25) is 0 Å². The zero-order valence-electron chi connectivity index (χ0n) is 26.1. The Morgan fingerprint density at radius 3 is 1.79 bits per heavy atom. The quantitative estimate of drug-likeness (QED) is 0.176. The first-order valence-corrected chi connectivity index (χ1v) is 17.2. The lowest BCUT2D eigenvalue weighted by molar-refractivity contribution is 1.29. The van der Waals surface area contributed by atoms with Crippen LogP contribution in [0.4, 0.5) is 17.1 Å². The summed E-state index contributed by atoms with van der Waals surface area (Å²) in [6.45, 7) is 0. The van der Waals surface area contributed by atoms with Gasteiger partial charge in [0.05, 0.1) is 0 Å². The van der Waals surface area contributed by atoms with Gasteiger partial charge in [-0.05, 0) is 103 Å². The van der Waals surface area contributed by atoms with Gasteiger partial charge >= 0.3 is 0 Å². The highest BCUT2D eigenvalue weighted by Crippen LogP contribution is 2.43. The molecule has 0 fully saturated rings. The van der Waals surface area contributed by atoms with Crippen LogP contribution in [0.15, 0.2) is 176 Å². The molecule has 2 heteroatoms. The number of hydrogen-bond donors (Lipinski definition) is 0. The third-order valence-electron chi connectivity index (χ3n) is 9.82. The molecule has 1 aromatic heterocycles. The highest BCUT2D eigenvalue weighted by Gasteiger charge is 2.16. The molecule has 0 aliphatic heterocycles. The Hall–Kier alpha value is -5.96. The van der Waals surface area contributed by atoms with Crippen molar-refractivity contribution < 1.29 is 0 Å². The second-order valence-corrected chi connectivity index (χ2v) is 13.6. The van der Waals surface area contributed by atoms with E-state index in [1.54, 1.807) is 0 Å². The van der Waals surface area contributed by atoms with Gasteiger partial charge in [0, 0.05) is 37.2 Å². The van der Waals surface area contributed by atoms with Crippen molar-refractivity contribution in [2.75, 3.05) is 4.90 Å². The van der Waals surface area contributed by atoms with Crippen molar-refractivity contribution in [2.24, 2.45) is 0 Å². The van der Waals surface area contributed by atoms with Crippen molar-refractivity contribution in [3.8, 4) is 11.1 Å². The molecule has 0 bridgehead atoms. The minimum atomic E-state index is 1.13. The van der Waals surface area contributed by atoms with Crippen LogP contribution in [0, 0.1) is 0 Å². The summed E-state index contributed by atoms with van der Waals surface area (Å²) in [5, 5.41) is 12.9. The zero-order valence-corrected chi connectivity index (χ0v) is 26.9. The molecule has 0 aliphatic carbocycles. The Labute approximate surface area is 282 Å². The van der Waals surface area contributed by atoms with E-state index >= 15 is 0 Å². The Kier molecular flexibility index (Phi) is 6.12. The van der Waals surface area contributed by atoms with Crippen LogP contribution in [-0.2, 0) is 0 Å². The van der Waals surface area contributed by atoms with Crippen LogP contribution in [0.5, 0.6) is 0 Å². The van der Waals surface area contributed by atoms with Gasteiger partial charge in [0.15, 0.2) is 0 Å². The van der Waals surface area contributed by atoms with E-state index < -0.39 is 0 Å². The first-order valence-electron chi connectivity index (χ1n) is 16.4. The van der Waals surface area contributed by atoms with Crippen molar-refractivity contribution in [3.63, 3.8) is 0 Å². The third kappa shape index (κ3) is 4.24. The Bertz CT molecular complexity index is 2830. The van der Waals surface area contributed by atoms with Gasteiger partial charge in [-0.2, -0.15) is 0 Å². The molecule has 0 atom stereocenters. The van der Waals surface area contributed by atoms with Crippen molar-refractivity contribution >= 4 is 91.7 Å². The number of fused-ring (bicyclic) bond motifs is 10. The molecule has 0 aliphatic rings. The maximum Gasteiger partial charge on any atom is 0.0468 e. The van der Waals surface area contributed by atoms with E-state index in [9.17, 15) is 0 Å². The second kappa shape index (κ2) is 10.8. The molecular weight excluding hydrogens is 599 g/mol. The molecule has 48 heavy (non-hydrogen) atoms. The largest absolute Gasteiger partial charge is 0.310 e. The Morgan fingerprint density at radius 2 is 0.938 bits per heavy atom. The van der Waals surface area contributed by atoms with Crippen LogP contribution >= 0.6 is 11.3 Å². The van der Waals surface area contributed by atoms with Crippen LogP contribution in [-0.4, -0.2) is 0 Å². The van der Waals surface area contributed by atoms with Gasteiger partial charge in [-0.25, -0.2) is 0 Å². The molecule has 1 heterocycles. The van der Waals surface area contributed by atoms with Crippen molar-refractivity contribution in [2.45, 2.75) is 0 Å². The highest BCUT2D eigenvalue weighted by atomic mass is 32.1. The third-order valence-corrected chi connectivity index (χ3v) is 11.0. The van der Waals surface area contributed by atoms with Crippen molar-refractivity contribution in [3.05, 3.63) is 176 Å². The molecule has 0 saturated carbocycles. The predicted molar refractivity (Wildman–Crippen MR) is 209 cm³/mol. The van der Waals surface area contributed by atoms with Gasteiger partial charge in [0.1, 0.15) is 0 Å². The number of hydrogen-bond acceptors (Lipinski definition) is 2. The topological polar surface area (TPSA) is 3.24 Å². The maximum atomic E-state index is 2.39. The van der Waals surface area contributed by atoms with Crippen LogP contribution in [0.25, 0.3) is 74.4 Å². The lowest BCUT2D eigenvalue weighted by Gasteiger charge is -2.26. The lowest BCUT2D eigenvalue weighted by Crippen LogP contribution is -2.09. The highest BCUT2D eigenvalue weighted by molar-refractivity contribution is 7.26. The van der Waals surface area contributed by atoms with E-state index in [0.29, 0.717) is 0 Å². The number of benzene rings is 9. The summed E-state index contributed by atoms with van der Waals surface area (Å²) in [4.78, 5) is 2.37. The average molecular weight is 628 g/mol. The number of nitrogens with zero attached hydrogens (tertiary/aromatic N) is 1. The molecule has 0 radical (unpaired) electrons. The van der Waals surface area contributed by atoms with Gasteiger partial charge in [0.25, 0.3) is 0 Å². The summed E-state index contributed by atoms with van der Waals surface area (Å²) < 4.78 is 2.69. The number of rotatable bonds is 4. The van der Waals surface area contributed by atoms with Crippen LogP contribution in [0.1, 0.15) is 0 Å².